The molecule has 24 heavy (non-hydrogen) atoms. The lowest BCUT2D eigenvalue weighted by Gasteiger charge is -2.45. The lowest BCUT2D eigenvalue weighted by atomic mass is 9.93. The van der Waals surface area contributed by atoms with Crippen molar-refractivity contribution in [3.05, 3.63) is 36.7 Å². The SMILES string of the molecule is c1cc(Nc2ccc3[nH]ncc3c2)nc(N2CC3CCC2CN3)n1. The van der Waals surface area contributed by atoms with E-state index in [1.54, 1.807) is 0 Å². The summed E-state index contributed by atoms with van der Waals surface area (Å²) in [7, 11) is 0. The Morgan fingerprint density at radius 2 is 2.21 bits per heavy atom. The Hall–Kier alpha value is -2.67. The molecular weight excluding hydrogens is 302 g/mol. The van der Waals surface area contributed by atoms with Crippen molar-refractivity contribution in [1.82, 2.24) is 25.5 Å². The maximum atomic E-state index is 4.73. The van der Waals surface area contributed by atoms with Gasteiger partial charge in [0.25, 0.3) is 0 Å². The zero-order chi connectivity index (χ0) is 15.9. The molecule has 2 unspecified atom stereocenters. The molecule has 5 heterocycles. The van der Waals surface area contributed by atoms with Crippen molar-refractivity contribution in [3.8, 4) is 0 Å². The van der Waals surface area contributed by atoms with Crippen molar-refractivity contribution >= 4 is 28.4 Å². The quantitative estimate of drug-likeness (QED) is 0.685. The van der Waals surface area contributed by atoms with E-state index in [0.29, 0.717) is 12.1 Å². The van der Waals surface area contributed by atoms with Crippen LogP contribution in [0.2, 0.25) is 0 Å². The third-order valence-corrected chi connectivity index (χ3v) is 4.96. The molecular formula is C17H19N7. The Morgan fingerprint density at radius 1 is 1.21 bits per heavy atom. The Labute approximate surface area is 139 Å². The van der Waals surface area contributed by atoms with Gasteiger partial charge in [-0.2, -0.15) is 10.1 Å². The molecule has 122 valence electrons. The number of aromatic nitrogens is 4. The minimum atomic E-state index is 0.507. The number of nitrogens with zero attached hydrogens (tertiary/aromatic N) is 4. The van der Waals surface area contributed by atoms with Crippen LogP contribution in [-0.2, 0) is 0 Å². The molecule has 0 amide bonds. The number of piperidine rings is 2. The second kappa shape index (κ2) is 5.45. The number of fused-ring (bicyclic) bond motifs is 4. The molecule has 7 nitrogen and oxygen atoms in total. The zero-order valence-corrected chi connectivity index (χ0v) is 13.2. The number of aromatic amines is 1. The van der Waals surface area contributed by atoms with Crippen molar-refractivity contribution in [2.75, 3.05) is 23.3 Å². The van der Waals surface area contributed by atoms with Gasteiger partial charge in [0.2, 0.25) is 5.95 Å². The largest absolute Gasteiger partial charge is 0.340 e. The van der Waals surface area contributed by atoms with E-state index in [1.165, 1.54) is 12.8 Å². The minimum absolute atomic E-state index is 0.507. The van der Waals surface area contributed by atoms with E-state index in [-0.39, 0.29) is 0 Å². The van der Waals surface area contributed by atoms with Gasteiger partial charge >= 0.3 is 0 Å². The molecule has 2 bridgehead atoms. The van der Waals surface area contributed by atoms with E-state index in [4.69, 9.17) is 4.98 Å². The molecule has 3 aliphatic rings. The highest BCUT2D eigenvalue weighted by Gasteiger charge is 2.34. The molecule has 3 N–H and O–H groups in total. The van der Waals surface area contributed by atoms with E-state index in [2.05, 4.69) is 36.8 Å². The highest BCUT2D eigenvalue weighted by Crippen LogP contribution is 2.27. The summed E-state index contributed by atoms with van der Waals surface area (Å²) in [6.07, 6.45) is 6.12. The standard InChI is InChI=1S/C17H19N7/c1-3-14-9-19-13(1)10-24(14)17-18-6-5-16(22-17)21-12-2-4-15-11(7-12)8-20-23-15/h2,4-8,13-14,19H,1,3,9-10H2,(H,20,23)(H,18,21,22). The van der Waals surface area contributed by atoms with Gasteiger partial charge < -0.3 is 15.5 Å². The maximum absolute atomic E-state index is 4.73. The van der Waals surface area contributed by atoms with E-state index in [0.717, 1.165) is 41.4 Å². The van der Waals surface area contributed by atoms with Crippen LogP contribution in [0.1, 0.15) is 12.8 Å². The first-order valence-electron chi connectivity index (χ1n) is 8.38. The average molecular weight is 321 g/mol. The summed E-state index contributed by atoms with van der Waals surface area (Å²) in [5, 5.41) is 15.0. The smallest absolute Gasteiger partial charge is 0.227 e. The summed E-state index contributed by atoms with van der Waals surface area (Å²) in [4.78, 5) is 11.6. The molecule has 0 aliphatic carbocycles. The van der Waals surface area contributed by atoms with Gasteiger partial charge in [-0.25, -0.2) is 4.98 Å². The van der Waals surface area contributed by atoms with Crippen LogP contribution in [0.5, 0.6) is 0 Å². The van der Waals surface area contributed by atoms with Crippen LogP contribution in [0.25, 0.3) is 10.9 Å². The van der Waals surface area contributed by atoms with Crippen molar-refractivity contribution in [2.45, 2.75) is 24.9 Å². The fraction of sp³-hybridized carbons (Fsp3) is 0.353. The summed E-state index contributed by atoms with van der Waals surface area (Å²) >= 11 is 0. The summed E-state index contributed by atoms with van der Waals surface area (Å²) in [6, 6.07) is 9.08. The number of anilines is 3. The fourth-order valence-electron chi connectivity index (χ4n) is 3.68. The van der Waals surface area contributed by atoms with Gasteiger partial charge in [-0.15, -0.1) is 0 Å². The molecule has 0 saturated carbocycles. The van der Waals surface area contributed by atoms with Gasteiger partial charge in [0.1, 0.15) is 5.82 Å². The average Bonchev–Trinajstić information content (AvgIpc) is 3.11. The third kappa shape index (κ3) is 2.37. The maximum Gasteiger partial charge on any atom is 0.227 e. The van der Waals surface area contributed by atoms with Crippen LogP contribution in [0.4, 0.5) is 17.5 Å². The monoisotopic (exact) mass is 321 g/mol. The van der Waals surface area contributed by atoms with Gasteiger partial charge in [0.15, 0.2) is 0 Å². The number of nitrogens with one attached hydrogen (secondary N) is 3. The molecule has 1 aromatic carbocycles. The first-order valence-corrected chi connectivity index (χ1v) is 8.38. The first-order chi connectivity index (χ1) is 11.8. The van der Waals surface area contributed by atoms with Crippen LogP contribution >= 0.6 is 0 Å². The van der Waals surface area contributed by atoms with E-state index in [9.17, 15) is 0 Å². The molecule has 2 atom stereocenters. The summed E-state index contributed by atoms with van der Waals surface area (Å²) in [6.45, 7) is 2.03. The van der Waals surface area contributed by atoms with E-state index in [1.807, 2.05) is 30.6 Å². The predicted molar refractivity (Wildman–Crippen MR) is 93.6 cm³/mol. The topological polar surface area (TPSA) is 81.8 Å². The van der Waals surface area contributed by atoms with Crippen molar-refractivity contribution in [1.29, 1.82) is 0 Å². The van der Waals surface area contributed by atoms with Gasteiger partial charge in [0, 0.05) is 42.4 Å². The number of rotatable bonds is 3. The van der Waals surface area contributed by atoms with E-state index < -0.39 is 0 Å². The highest BCUT2D eigenvalue weighted by molar-refractivity contribution is 5.82. The molecule has 3 aliphatic heterocycles. The molecule has 0 radical (unpaired) electrons. The van der Waals surface area contributed by atoms with E-state index >= 15 is 0 Å². The molecule has 3 saturated heterocycles. The van der Waals surface area contributed by atoms with Crippen LogP contribution in [-0.4, -0.2) is 45.3 Å². The van der Waals surface area contributed by atoms with Gasteiger partial charge in [-0.1, -0.05) is 0 Å². The Balaban J connectivity index is 1.40. The Kier molecular flexibility index (Phi) is 3.12. The van der Waals surface area contributed by atoms with Crippen molar-refractivity contribution in [3.63, 3.8) is 0 Å². The van der Waals surface area contributed by atoms with Gasteiger partial charge in [-0.3, -0.25) is 5.10 Å². The number of hydrogen-bond donors (Lipinski definition) is 3. The van der Waals surface area contributed by atoms with Gasteiger partial charge in [-0.05, 0) is 37.1 Å². The van der Waals surface area contributed by atoms with Crippen LogP contribution < -0.4 is 15.5 Å². The van der Waals surface area contributed by atoms with Crippen LogP contribution in [0.3, 0.4) is 0 Å². The molecule has 7 heteroatoms. The lowest BCUT2D eigenvalue weighted by molar-refractivity contribution is 0.287. The molecule has 6 rings (SSSR count). The minimum Gasteiger partial charge on any atom is -0.340 e. The summed E-state index contributed by atoms with van der Waals surface area (Å²) in [5.74, 6) is 1.64. The number of benzene rings is 1. The summed E-state index contributed by atoms with van der Waals surface area (Å²) < 4.78 is 0. The second-order valence-electron chi connectivity index (χ2n) is 6.53. The predicted octanol–water partition coefficient (Wildman–Crippen LogP) is 2.04. The van der Waals surface area contributed by atoms with Crippen molar-refractivity contribution in [2.24, 2.45) is 0 Å². The van der Waals surface area contributed by atoms with Gasteiger partial charge in [0.05, 0.1) is 11.7 Å². The number of piperazine rings is 1. The lowest BCUT2D eigenvalue weighted by Crippen LogP contribution is -2.61. The normalized spacial score (nSPS) is 22.9. The molecule has 0 spiro atoms. The molecule has 3 fully saturated rings. The van der Waals surface area contributed by atoms with Crippen molar-refractivity contribution < 1.29 is 0 Å². The molecule has 3 aromatic rings. The third-order valence-electron chi connectivity index (χ3n) is 4.96. The number of H-pyrrole nitrogens is 1. The fourth-order valence-corrected chi connectivity index (χ4v) is 3.68. The number of hydrogen-bond acceptors (Lipinski definition) is 6. The zero-order valence-electron chi connectivity index (χ0n) is 13.2. The Bertz CT molecular complexity index is 866. The van der Waals surface area contributed by atoms with Crippen LogP contribution in [0.15, 0.2) is 36.7 Å². The second-order valence-corrected chi connectivity index (χ2v) is 6.53. The first kappa shape index (κ1) is 13.7. The molecule has 2 aromatic heterocycles. The highest BCUT2D eigenvalue weighted by atomic mass is 15.3. The summed E-state index contributed by atoms with van der Waals surface area (Å²) in [5.41, 5.74) is 2.02. The van der Waals surface area contributed by atoms with Crippen LogP contribution in [0, 0.1) is 0 Å². The Morgan fingerprint density at radius 3 is 3.04 bits per heavy atom.